The Bertz CT molecular complexity index is 780. The summed E-state index contributed by atoms with van der Waals surface area (Å²) in [6.07, 6.45) is 0. The van der Waals surface area contributed by atoms with Crippen molar-refractivity contribution in [3.63, 3.8) is 0 Å². The van der Waals surface area contributed by atoms with Crippen molar-refractivity contribution in [3.05, 3.63) is 23.8 Å². The zero-order valence-corrected chi connectivity index (χ0v) is 19.2. The van der Waals surface area contributed by atoms with E-state index in [1.54, 1.807) is 30.3 Å². The van der Waals surface area contributed by atoms with Crippen molar-refractivity contribution < 1.29 is 17.9 Å². The number of ether oxygens (including phenoxy) is 2. The highest BCUT2D eigenvalue weighted by atomic mass is 32.2. The van der Waals surface area contributed by atoms with E-state index in [0.29, 0.717) is 25.6 Å². The Kier molecular flexibility index (Phi) is 9.38. The van der Waals surface area contributed by atoms with Gasteiger partial charge in [0.2, 0.25) is 10.0 Å². The molecule has 0 amide bonds. The van der Waals surface area contributed by atoms with Crippen molar-refractivity contribution in [1.29, 1.82) is 0 Å². The first-order valence-corrected chi connectivity index (χ1v) is 12.5. The molecule has 1 saturated heterocycles. The number of hydrogen-bond donors (Lipinski definition) is 2. The van der Waals surface area contributed by atoms with Crippen LogP contribution in [0, 0.1) is 0 Å². The molecule has 164 valence electrons. The molecule has 2 rings (SSSR count). The van der Waals surface area contributed by atoms with Gasteiger partial charge in [0.25, 0.3) is 0 Å². The number of thioether (sulfide) groups is 1. The molecule has 1 aromatic rings. The number of nitrogens with one attached hydrogen (secondary N) is 2. The summed E-state index contributed by atoms with van der Waals surface area (Å²) in [5.41, 5.74) is 0.927. The van der Waals surface area contributed by atoms with E-state index in [2.05, 4.69) is 15.6 Å². The highest BCUT2D eigenvalue weighted by molar-refractivity contribution is 7.99. The second-order valence-electron chi connectivity index (χ2n) is 6.56. The maximum absolute atomic E-state index is 12.5. The van der Waals surface area contributed by atoms with Gasteiger partial charge in [-0.05, 0) is 32.0 Å². The molecule has 0 saturated carbocycles. The molecule has 1 fully saturated rings. The number of guanidine groups is 1. The summed E-state index contributed by atoms with van der Waals surface area (Å²) in [6.45, 7) is 6.00. The average molecular weight is 445 g/mol. The Morgan fingerprint density at radius 3 is 2.62 bits per heavy atom. The average Bonchev–Trinajstić information content (AvgIpc) is 2.73. The largest absolute Gasteiger partial charge is 0.497 e. The van der Waals surface area contributed by atoms with Gasteiger partial charge in [0.1, 0.15) is 11.5 Å². The van der Waals surface area contributed by atoms with E-state index in [-0.39, 0.29) is 18.3 Å². The second kappa shape index (κ2) is 11.5. The third-order valence-corrected chi connectivity index (χ3v) is 7.38. The summed E-state index contributed by atoms with van der Waals surface area (Å²) in [7, 11) is -0.0254. The zero-order valence-electron chi connectivity index (χ0n) is 17.6. The van der Waals surface area contributed by atoms with E-state index in [1.165, 1.54) is 0 Å². The van der Waals surface area contributed by atoms with Gasteiger partial charge in [0.15, 0.2) is 5.96 Å². The molecule has 10 heteroatoms. The third-order valence-electron chi connectivity index (χ3n) is 4.58. The minimum atomic E-state index is -3.27. The fourth-order valence-electron chi connectivity index (χ4n) is 3.01. The van der Waals surface area contributed by atoms with E-state index < -0.39 is 10.0 Å². The molecule has 0 aromatic heterocycles. The van der Waals surface area contributed by atoms with Crippen molar-refractivity contribution >= 4 is 27.7 Å². The van der Waals surface area contributed by atoms with Crippen LogP contribution in [-0.2, 0) is 10.0 Å². The normalized spacial score (nSPS) is 16.9. The molecule has 0 spiro atoms. The summed E-state index contributed by atoms with van der Waals surface area (Å²) in [5.74, 6) is 3.76. The first kappa shape index (κ1) is 23.6. The van der Waals surface area contributed by atoms with Crippen molar-refractivity contribution in [1.82, 2.24) is 14.9 Å². The molecule has 1 heterocycles. The molecule has 1 aromatic carbocycles. The van der Waals surface area contributed by atoms with Crippen molar-refractivity contribution in [2.45, 2.75) is 19.9 Å². The molecule has 0 radical (unpaired) electrons. The second-order valence-corrected chi connectivity index (χ2v) is 9.88. The van der Waals surface area contributed by atoms with Crippen molar-refractivity contribution in [3.8, 4) is 11.5 Å². The number of benzene rings is 1. The van der Waals surface area contributed by atoms with Gasteiger partial charge in [0.05, 0.1) is 32.6 Å². The Labute approximate surface area is 178 Å². The topological polar surface area (TPSA) is 92.3 Å². The highest BCUT2D eigenvalue weighted by Crippen LogP contribution is 2.29. The molecule has 2 N–H and O–H groups in total. The number of sulfonamides is 1. The maximum atomic E-state index is 12.5. The SMILES string of the molecule is CCNC(=NCCS(=O)(=O)N1CCSCC1)NC(C)c1cc(OC)ccc1OC. The smallest absolute Gasteiger partial charge is 0.215 e. The summed E-state index contributed by atoms with van der Waals surface area (Å²) >= 11 is 1.79. The Hall–Kier alpha value is -1.65. The van der Waals surface area contributed by atoms with Crippen LogP contribution in [0.1, 0.15) is 25.5 Å². The minimum absolute atomic E-state index is 0.00506. The van der Waals surface area contributed by atoms with Gasteiger partial charge < -0.3 is 20.1 Å². The van der Waals surface area contributed by atoms with Gasteiger partial charge in [-0.3, -0.25) is 4.99 Å². The molecule has 29 heavy (non-hydrogen) atoms. The van der Waals surface area contributed by atoms with Gasteiger partial charge >= 0.3 is 0 Å². The van der Waals surface area contributed by atoms with Crippen LogP contribution in [0.25, 0.3) is 0 Å². The van der Waals surface area contributed by atoms with E-state index in [9.17, 15) is 8.42 Å². The lowest BCUT2D eigenvalue weighted by atomic mass is 10.1. The molecular formula is C19H32N4O4S2. The van der Waals surface area contributed by atoms with Crippen LogP contribution in [0.5, 0.6) is 11.5 Å². The van der Waals surface area contributed by atoms with Crippen LogP contribution >= 0.6 is 11.8 Å². The minimum Gasteiger partial charge on any atom is -0.497 e. The van der Waals surface area contributed by atoms with Crippen LogP contribution < -0.4 is 20.1 Å². The number of aliphatic imine (C=N–C) groups is 1. The Morgan fingerprint density at radius 1 is 1.28 bits per heavy atom. The first-order chi connectivity index (χ1) is 13.9. The fraction of sp³-hybridized carbons (Fsp3) is 0.632. The van der Waals surface area contributed by atoms with Crippen LogP contribution in [0.2, 0.25) is 0 Å². The first-order valence-electron chi connectivity index (χ1n) is 9.73. The van der Waals surface area contributed by atoms with Gasteiger partial charge in [0, 0.05) is 36.7 Å². The molecular weight excluding hydrogens is 412 g/mol. The lowest BCUT2D eigenvalue weighted by Crippen LogP contribution is -2.41. The molecule has 1 unspecified atom stereocenters. The lowest BCUT2D eigenvalue weighted by Gasteiger charge is -2.25. The number of hydrogen-bond acceptors (Lipinski definition) is 6. The monoisotopic (exact) mass is 444 g/mol. The van der Waals surface area contributed by atoms with E-state index >= 15 is 0 Å². The van der Waals surface area contributed by atoms with Crippen LogP contribution in [0.4, 0.5) is 0 Å². The van der Waals surface area contributed by atoms with E-state index in [1.807, 2.05) is 32.0 Å². The van der Waals surface area contributed by atoms with Crippen molar-refractivity contribution in [2.75, 3.05) is 57.7 Å². The van der Waals surface area contributed by atoms with Gasteiger partial charge in [-0.25, -0.2) is 12.7 Å². The Morgan fingerprint density at radius 2 is 2.00 bits per heavy atom. The lowest BCUT2D eigenvalue weighted by molar-refractivity contribution is 0.394. The van der Waals surface area contributed by atoms with Gasteiger partial charge in [-0.2, -0.15) is 11.8 Å². The standard InChI is InChI=1S/C19H32N4O4S2/c1-5-20-19(21-8-13-29(24,25)23-9-11-28-12-10-23)22-15(2)17-14-16(26-3)6-7-18(17)27-4/h6-7,14-15H,5,8-13H2,1-4H3,(H2,20,21,22). The number of rotatable bonds is 9. The Balaban J connectivity index is 2.05. The summed E-state index contributed by atoms with van der Waals surface area (Å²) in [5, 5.41) is 6.49. The zero-order chi connectivity index (χ0) is 21.3. The van der Waals surface area contributed by atoms with Gasteiger partial charge in [-0.15, -0.1) is 0 Å². The highest BCUT2D eigenvalue weighted by Gasteiger charge is 2.23. The van der Waals surface area contributed by atoms with E-state index in [4.69, 9.17) is 9.47 Å². The molecule has 1 aliphatic heterocycles. The molecule has 1 atom stereocenters. The summed E-state index contributed by atoms with van der Waals surface area (Å²) in [4.78, 5) is 4.47. The molecule has 8 nitrogen and oxygen atoms in total. The van der Waals surface area contributed by atoms with Crippen LogP contribution in [0.15, 0.2) is 23.2 Å². The predicted octanol–water partition coefficient (Wildman–Crippen LogP) is 1.70. The summed E-state index contributed by atoms with van der Waals surface area (Å²) < 4.78 is 37.3. The quantitative estimate of drug-likeness (QED) is 0.442. The van der Waals surface area contributed by atoms with E-state index in [0.717, 1.165) is 28.6 Å². The summed E-state index contributed by atoms with van der Waals surface area (Å²) in [6, 6.07) is 5.51. The fourth-order valence-corrected chi connectivity index (χ4v) is 5.46. The molecule has 0 aliphatic carbocycles. The van der Waals surface area contributed by atoms with Crippen LogP contribution in [-0.4, -0.2) is 76.3 Å². The number of methoxy groups -OCH3 is 2. The van der Waals surface area contributed by atoms with Crippen LogP contribution in [0.3, 0.4) is 0 Å². The maximum Gasteiger partial charge on any atom is 0.215 e. The number of nitrogens with zero attached hydrogens (tertiary/aromatic N) is 2. The third kappa shape index (κ3) is 6.97. The van der Waals surface area contributed by atoms with Crippen molar-refractivity contribution in [2.24, 2.45) is 4.99 Å². The molecule has 0 bridgehead atoms. The van der Waals surface area contributed by atoms with Gasteiger partial charge in [-0.1, -0.05) is 0 Å². The molecule has 1 aliphatic rings. The predicted molar refractivity (Wildman–Crippen MR) is 120 cm³/mol.